The molecule has 3 rings (SSSR count). The Bertz CT molecular complexity index is 959. The van der Waals surface area contributed by atoms with E-state index >= 15 is 0 Å². The number of hydrogen-bond donors (Lipinski definition) is 2. The molecule has 0 saturated carbocycles. The number of nitrogens with zero attached hydrogens (tertiary/aromatic N) is 1. The zero-order valence-electron chi connectivity index (χ0n) is 14.3. The maximum absolute atomic E-state index is 12.5. The molecule has 142 valence electrons. The van der Waals surface area contributed by atoms with Crippen LogP contribution in [0, 0.1) is 0 Å². The topological polar surface area (TPSA) is 110 Å². The van der Waals surface area contributed by atoms with Crippen LogP contribution < -0.4 is 15.4 Å². The number of hydrogen-bond acceptors (Lipinski definition) is 5. The monoisotopic (exact) mass is 407 g/mol. The molecule has 2 aromatic rings. The van der Waals surface area contributed by atoms with E-state index in [0.29, 0.717) is 23.7 Å². The highest BCUT2D eigenvalue weighted by Gasteiger charge is 2.39. The molecule has 0 bridgehead atoms. The molecule has 3 N–H and O–H groups in total. The lowest BCUT2D eigenvalue weighted by molar-refractivity contribution is -0.121. The van der Waals surface area contributed by atoms with Crippen molar-refractivity contribution in [1.82, 2.24) is 5.32 Å². The summed E-state index contributed by atoms with van der Waals surface area (Å²) in [6, 6.07) is 12.2. The molecule has 27 heavy (non-hydrogen) atoms. The molecule has 1 aliphatic heterocycles. The molecule has 9 heteroatoms. The second-order valence-electron chi connectivity index (χ2n) is 6.19. The average Bonchev–Trinajstić information content (AvgIpc) is 2.89. The zero-order valence-corrected chi connectivity index (χ0v) is 15.8. The van der Waals surface area contributed by atoms with Crippen molar-refractivity contribution in [3.05, 3.63) is 59.1 Å². The summed E-state index contributed by atoms with van der Waals surface area (Å²) < 4.78 is 22.5. The maximum Gasteiger partial charge on any atom is 0.251 e. The van der Waals surface area contributed by atoms with Gasteiger partial charge in [-0.05, 0) is 54.9 Å². The maximum atomic E-state index is 12.5. The highest BCUT2D eigenvalue weighted by atomic mass is 35.5. The van der Waals surface area contributed by atoms with Crippen molar-refractivity contribution < 1.29 is 18.0 Å². The van der Waals surface area contributed by atoms with Gasteiger partial charge >= 0.3 is 0 Å². The van der Waals surface area contributed by atoms with Gasteiger partial charge in [0, 0.05) is 5.02 Å². The molecule has 1 atom stereocenters. The molecule has 2 amide bonds. The van der Waals surface area contributed by atoms with E-state index in [0.717, 1.165) is 10.5 Å². The Morgan fingerprint density at radius 2 is 1.70 bits per heavy atom. The Labute approximate surface area is 162 Å². The fourth-order valence-corrected chi connectivity index (χ4v) is 3.53. The van der Waals surface area contributed by atoms with Crippen LogP contribution in [0.2, 0.25) is 5.02 Å². The van der Waals surface area contributed by atoms with Gasteiger partial charge in [-0.1, -0.05) is 23.7 Å². The van der Waals surface area contributed by atoms with Crippen LogP contribution in [0.25, 0.3) is 0 Å². The second-order valence-corrected chi connectivity index (χ2v) is 8.19. The summed E-state index contributed by atoms with van der Waals surface area (Å²) in [5, 5.41) is 8.68. The van der Waals surface area contributed by atoms with Crippen LogP contribution in [0.1, 0.15) is 12.0 Å². The fourth-order valence-electron chi connectivity index (χ4n) is 2.89. The van der Waals surface area contributed by atoms with Gasteiger partial charge < -0.3 is 5.32 Å². The SMILES string of the molecule is NS(=O)(=O)c1ccc(CCN[C@H]2CC(=O)N(c3ccc(Cl)cc3)C2=O)cc1. The number of nitrogens with one attached hydrogen (secondary N) is 1. The molecule has 0 spiro atoms. The summed E-state index contributed by atoms with van der Waals surface area (Å²) in [4.78, 5) is 25.9. The fraction of sp³-hybridized carbons (Fsp3) is 0.222. The first-order valence-corrected chi connectivity index (χ1v) is 10.2. The number of carbonyl (C=O) groups excluding carboxylic acids is 2. The molecular weight excluding hydrogens is 390 g/mol. The summed E-state index contributed by atoms with van der Waals surface area (Å²) in [5.74, 6) is -0.566. The van der Waals surface area contributed by atoms with Gasteiger partial charge in [-0.15, -0.1) is 0 Å². The highest BCUT2D eigenvalue weighted by molar-refractivity contribution is 7.89. The molecule has 7 nitrogen and oxygen atoms in total. The van der Waals surface area contributed by atoms with Crippen molar-refractivity contribution in [2.24, 2.45) is 5.14 Å². The number of nitrogens with two attached hydrogens (primary N) is 1. The average molecular weight is 408 g/mol. The predicted octanol–water partition coefficient (Wildman–Crippen LogP) is 1.45. The van der Waals surface area contributed by atoms with Gasteiger partial charge in [-0.2, -0.15) is 0 Å². The Kier molecular flexibility index (Phi) is 5.61. The highest BCUT2D eigenvalue weighted by Crippen LogP contribution is 2.24. The first-order chi connectivity index (χ1) is 12.8. The van der Waals surface area contributed by atoms with Gasteiger partial charge in [0.05, 0.1) is 23.0 Å². The van der Waals surface area contributed by atoms with Crippen molar-refractivity contribution in [1.29, 1.82) is 0 Å². The third-order valence-electron chi connectivity index (χ3n) is 4.29. The van der Waals surface area contributed by atoms with Crippen LogP contribution >= 0.6 is 11.6 Å². The molecule has 1 aliphatic rings. The van der Waals surface area contributed by atoms with E-state index < -0.39 is 16.1 Å². The summed E-state index contributed by atoms with van der Waals surface area (Å²) in [7, 11) is -3.71. The van der Waals surface area contributed by atoms with Gasteiger partial charge in [0.2, 0.25) is 15.9 Å². The number of primary sulfonamides is 1. The van der Waals surface area contributed by atoms with Crippen LogP contribution in [-0.2, 0) is 26.0 Å². The number of carbonyl (C=O) groups is 2. The number of rotatable bonds is 6. The first-order valence-electron chi connectivity index (χ1n) is 8.23. The zero-order chi connectivity index (χ0) is 19.6. The van der Waals surface area contributed by atoms with E-state index in [4.69, 9.17) is 16.7 Å². The minimum atomic E-state index is -3.71. The number of anilines is 1. The molecule has 2 aromatic carbocycles. The second kappa shape index (κ2) is 7.77. The van der Waals surface area contributed by atoms with Crippen LogP contribution in [0.5, 0.6) is 0 Å². The lowest BCUT2D eigenvalue weighted by Gasteiger charge is -2.15. The van der Waals surface area contributed by atoms with Gasteiger partial charge in [0.15, 0.2) is 0 Å². The van der Waals surface area contributed by atoms with E-state index in [1.165, 1.54) is 12.1 Å². The lowest BCUT2D eigenvalue weighted by atomic mass is 10.1. The van der Waals surface area contributed by atoms with Crippen LogP contribution in [0.4, 0.5) is 5.69 Å². The third kappa shape index (κ3) is 4.54. The number of halogens is 1. The first kappa shape index (κ1) is 19.5. The van der Waals surface area contributed by atoms with Gasteiger partial charge in [-0.25, -0.2) is 18.5 Å². The van der Waals surface area contributed by atoms with Crippen LogP contribution in [0.15, 0.2) is 53.4 Å². The molecule has 1 fully saturated rings. The van der Waals surface area contributed by atoms with Gasteiger partial charge in [0.25, 0.3) is 5.91 Å². The summed E-state index contributed by atoms with van der Waals surface area (Å²) in [5.41, 5.74) is 1.39. The Morgan fingerprint density at radius 3 is 2.30 bits per heavy atom. The Balaban J connectivity index is 1.58. The van der Waals surface area contributed by atoms with E-state index in [1.54, 1.807) is 36.4 Å². The molecular formula is C18H18ClN3O4S. The minimum Gasteiger partial charge on any atom is -0.305 e. The largest absolute Gasteiger partial charge is 0.305 e. The number of imide groups is 1. The predicted molar refractivity (Wildman–Crippen MR) is 102 cm³/mol. The summed E-state index contributed by atoms with van der Waals surface area (Å²) in [6.07, 6.45) is 0.662. The number of benzene rings is 2. The normalized spacial score (nSPS) is 17.6. The van der Waals surface area contributed by atoms with Gasteiger partial charge in [0.1, 0.15) is 0 Å². The molecule has 0 radical (unpaired) electrons. The number of sulfonamides is 1. The standard InChI is InChI=1S/C18H18ClN3O4S/c19-13-3-5-14(6-4-13)22-17(23)11-16(18(22)24)21-10-9-12-1-7-15(8-2-12)27(20,25)26/h1-8,16,21H,9-11H2,(H2,20,25,26)/t16-/m0/s1. The van der Waals surface area contributed by atoms with Crippen LogP contribution in [0.3, 0.4) is 0 Å². The van der Waals surface area contributed by atoms with Crippen molar-refractivity contribution in [3.63, 3.8) is 0 Å². The molecule has 0 unspecified atom stereocenters. The van der Waals surface area contributed by atoms with E-state index in [-0.39, 0.29) is 23.1 Å². The van der Waals surface area contributed by atoms with E-state index in [9.17, 15) is 18.0 Å². The quantitative estimate of drug-likeness (QED) is 0.704. The molecule has 1 saturated heterocycles. The van der Waals surface area contributed by atoms with Gasteiger partial charge in [-0.3, -0.25) is 9.59 Å². The van der Waals surface area contributed by atoms with Crippen molar-refractivity contribution in [3.8, 4) is 0 Å². The third-order valence-corrected chi connectivity index (χ3v) is 5.47. The van der Waals surface area contributed by atoms with E-state index in [1.807, 2.05) is 0 Å². The molecule has 0 aromatic heterocycles. The van der Waals surface area contributed by atoms with Crippen molar-refractivity contribution in [2.45, 2.75) is 23.8 Å². The van der Waals surface area contributed by atoms with E-state index in [2.05, 4.69) is 5.32 Å². The summed E-state index contributed by atoms with van der Waals surface area (Å²) >= 11 is 5.84. The summed E-state index contributed by atoms with van der Waals surface area (Å²) in [6.45, 7) is 0.465. The molecule has 0 aliphatic carbocycles. The Hall–Kier alpha value is -2.26. The van der Waals surface area contributed by atoms with Crippen molar-refractivity contribution >= 4 is 39.1 Å². The smallest absolute Gasteiger partial charge is 0.251 e. The van der Waals surface area contributed by atoms with Crippen LogP contribution in [-0.4, -0.2) is 32.8 Å². The Morgan fingerprint density at radius 1 is 1.07 bits per heavy atom. The molecule has 1 heterocycles. The number of amides is 2. The lowest BCUT2D eigenvalue weighted by Crippen LogP contribution is -2.39. The minimum absolute atomic E-state index is 0.0504. The van der Waals surface area contributed by atoms with Crippen molar-refractivity contribution in [2.75, 3.05) is 11.4 Å².